The number of aromatic nitrogens is 1. The Bertz CT molecular complexity index is 573. The molecular weight excluding hydrogens is 275 g/mol. The third kappa shape index (κ3) is 4.18. The molecule has 2 aromatic rings. The van der Waals surface area contributed by atoms with Crippen molar-refractivity contribution in [3.63, 3.8) is 0 Å². The quantitative estimate of drug-likeness (QED) is 0.706. The molecule has 0 aliphatic carbocycles. The summed E-state index contributed by atoms with van der Waals surface area (Å²) in [6, 6.07) is 12.4. The number of rotatable bonds is 5. The Balaban J connectivity index is 2.20. The van der Waals surface area contributed by atoms with E-state index in [1.807, 2.05) is 30.3 Å². The van der Waals surface area contributed by atoms with Crippen LogP contribution in [0.1, 0.15) is 29.2 Å². The summed E-state index contributed by atoms with van der Waals surface area (Å²) >= 11 is 0. The molecule has 4 heteroatoms. The van der Waals surface area contributed by atoms with E-state index in [0.29, 0.717) is 12.1 Å². The van der Waals surface area contributed by atoms with Crippen LogP contribution in [0.3, 0.4) is 0 Å². The topological polar surface area (TPSA) is 12.9 Å². The predicted octanol–water partition coefficient (Wildman–Crippen LogP) is 5.00. The van der Waals surface area contributed by atoms with Gasteiger partial charge in [0.2, 0.25) is 0 Å². The van der Waals surface area contributed by atoms with Gasteiger partial charge < -0.3 is 0 Å². The Labute approximate surface area is 122 Å². The summed E-state index contributed by atoms with van der Waals surface area (Å²) < 4.78 is 37.7. The van der Waals surface area contributed by atoms with Gasteiger partial charge in [0.1, 0.15) is 0 Å². The van der Waals surface area contributed by atoms with Gasteiger partial charge in [-0.25, -0.2) is 0 Å². The van der Waals surface area contributed by atoms with Crippen LogP contribution in [0.5, 0.6) is 0 Å². The molecule has 0 aliphatic heterocycles. The molecule has 0 aliphatic rings. The molecule has 1 aromatic carbocycles. The Morgan fingerprint density at radius 3 is 2.33 bits per heavy atom. The van der Waals surface area contributed by atoms with E-state index < -0.39 is 11.7 Å². The Kier molecular flexibility index (Phi) is 4.78. The molecule has 0 bridgehead atoms. The maximum atomic E-state index is 12.6. The first-order chi connectivity index (χ1) is 10.0. The normalized spacial score (nSPS) is 12.9. The van der Waals surface area contributed by atoms with Crippen LogP contribution in [0.15, 0.2) is 61.3 Å². The van der Waals surface area contributed by atoms with Gasteiger partial charge in [0, 0.05) is 17.8 Å². The molecule has 0 saturated heterocycles. The van der Waals surface area contributed by atoms with Crippen molar-refractivity contribution in [2.75, 3.05) is 0 Å². The fourth-order valence-corrected chi connectivity index (χ4v) is 2.22. The highest BCUT2D eigenvalue weighted by Crippen LogP contribution is 2.30. The molecule has 21 heavy (non-hydrogen) atoms. The number of halogens is 3. The Morgan fingerprint density at radius 1 is 1.10 bits per heavy atom. The van der Waals surface area contributed by atoms with Crippen LogP contribution in [0.25, 0.3) is 0 Å². The van der Waals surface area contributed by atoms with Crippen molar-refractivity contribution in [1.29, 1.82) is 0 Å². The standard InChI is InChI=1S/C17H16F3N/c1-2-6-14(11-13-7-4-3-5-8-13)16-10-9-15(12-21-16)17(18,19)20/h2-5,7-10,12,14H,1,6,11H2. The van der Waals surface area contributed by atoms with E-state index in [4.69, 9.17) is 0 Å². The van der Waals surface area contributed by atoms with Crippen LogP contribution in [0.2, 0.25) is 0 Å². The second-order valence-corrected chi connectivity index (χ2v) is 4.88. The molecule has 1 atom stereocenters. The van der Waals surface area contributed by atoms with Crippen LogP contribution in [0.4, 0.5) is 13.2 Å². The predicted molar refractivity (Wildman–Crippen MR) is 76.9 cm³/mol. The largest absolute Gasteiger partial charge is 0.417 e. The lowest BCUT2D eigenvalue weighted by Gasteiger charge is -2.15. The second-order valence-electron chi connectivity index (χ2n) is 4.88. The summed E-state index contributed by atoms with van der Waals surface area (Å²) in [6.07, 6.45) is -0.277. The Morgan fingerprint density at radius 2 is 1.81 bits per heavy atom. The fraction of sp³-hybridized carbons (Fsp3) is 0.235. The van der Waals surface area contributed by atoms with Crippen molar-refractivity contribution in [3.05, 3.63) is 78.1 Å². The number of alkyl halides is 3. The lowest BCUT2D eigenvalue weighted by molar-refractivity contribution is -0.137. The van der Waals surface area contributed by atoms with Gasteiger partial charge in [-0.15, -0.1) is 6.58 Å². The summed E-state index contributed by atoms with van der Waals surface area (Å²) in [5.41, 5.74) is 1.07. The minimum atomic E-state index is -4.35. The van der Waals surface area contributed by atoms with Crippen LogP contribution in [-0.4, -0.2) is 4.98 Å². The van der Waals surface area contributed by atoms with Crippen LogP contribution >= 0.6 is 0 Å². The van der Waals surface area contributed by atoms with E-state index in [0.717, 1.165) is 24.2 Å². The van der Waals surface area contributed by atoms with Gasteiger partial charge in [-0.05, 0) is 30.5 Å². The molecule has 0 amide bonds. The molecule has 1 heterocycles. The number of nitrogens with zero attached hydrogens (tertiary/aromatic N) is 1. The molecular formula is C17H16F3N. The molecule has 2 rings (SSSR count). The minimum Gasteiger partial charge on any atom is -0.260 e. The summed E-state index contributed by atoms with van der Waals surface area (Å²) in [4.78, 5) is 3.99. The zero-order valence-electron chi connectivity index (χ0n) is 11.5. The van der Waals surface area contributed by atoms with Crippen molar-refractivity contribution >= 4 is 0 Å². The third-order valence-electron chi connectivity index (χ3n) is 3.31. The number of hydrogen-bond donors (Lipinski definition) is 0. The maximum Gasteiger partial charge on any atom is 0.417 e. The molecule has 0 saturated carbocycles. The molecule has 0 radical (unpaired) electrons. The molecule has 1 aromatic heterocycles. The first kappa shape index (κ1) is 15.3. The minimum absolute atomic E-state index is 0.0344. The SMILES string of the molecule is C=CCC(Cc1ccccc1)c1ccc(C(F)(F)F)cn1. The second kappa shape index (κ2) is 6.57. The van der Waals surface area contributed by atoms with Gasteiger partial charge in [0.25, 0.3) is 0 Å². The number of pyridine rings is 1. The molecule has 0 N–H and O–H groups in total. The van der Waals surface area contributed by atoms with Gasteiger partial charge in [0.15, 0.2) is 0 Å². The lowest BCUT2D eigenvalue weighted by Crippen LogP contribution is -2.09. The number of allylic oxidation sites excluding steroid dienone is 1. The van der Waals surface area contributed by atoms with Crippen molar-refractivity contribution in [2.24, 2.45) is 0 Å². The average Bonchev–Trinajstić information content (AvgIpc) is 2.47. The van der Waals surface area contributed by atoms with E-state index in [-0.39, 0.29) is 5.92 Å². The van der Waals surface area contributed by atoms with Crippen molar-refractivity contribution in [1.82, 2.24) is 4.98 Å². The smallest absolute Gasteiger partial charge is 0.260 e. The van der Waals surface area contributed by atoms with Crippen LogP contribution in [-0.2, 0) is 12.6 Å². The van der Waals surface area contributed by atoms with E-state index in [2.05, 4.69) is 11.6 Å². The summed E-state index contributed by atoms with van der Waals surface area (Å²) in [7, 11) is 0. The molecule has 1 nitrogen and oxygen atoms in total. The Hall–Kier alpha value is -2.10. The van der Waals surface area contributed by atoms with Gasteiger partial charge >= 0.3 is 6.18 Å². The summed E-state index contributed by atoms with van der Waals surface area (Å²) in [5.74, 6) is 0.0344. The molecule has 0 spiro atoms. The van der Waals surface area contributed by atoms with E-state index in [9.17, 15) is 13.2 Å². The summed E-state index contributed by atoms with van der Waals surface area (Å²) in [6.45, 7) is 3.72. The van der Waals surface area contributed by atoms with E-state index in [1.165, 1.54) is 6.07 Å². The highest BCUT2D eigenvalue weighted by molar-refractivity contribution is 5.23. The van der Waals surface area contributed by atoms with Crippen LogP contribution in [0, 0.1) is 0 Å². The fourth-order valence-electron chi connectivity index (χ4n) is 2.22. The van der Waals surface area contributed by atoms with Crippen molar-refractivity contribution in [3.8, 4) is 0 Å². The van der Waals surface area contributed by atoms with Gasteiger partial charge in [0.05, 0.1) is 5.56 Å². The first-order valence-electron chi connectivity index (χ1n) is 6.68. The number of hydrogen-bond acceptors (Lipinski definition) is 1. The highest BCUT2D eigenvalue weighted by atomic mass is 19.4. The monoisotopic (exact) mass is 291 g/mol. The van der Waals surface area contributed by atoms with Crippen molar-refractivity contribution in [2.45, 2.75) is 24.9 Å². The zero-order valence-corrected chi connectivity index (χ0v) is 11.5. The summed E-state index contributed by atoms with van der Waals surface area (Å²) in [5, 5.41) is 0. The lowest BCUT2D eigenvalue weighted by atomic mass is 9.92. The van der Waals surface area contributed by atoms with E-state index in [1.54, 1.807) is 6.08 Å². The van der Waals surface area contributed by atoms with Gasteiger partial charge in [-0.1, -0.05) is 36.4 Å². The van der Waals surface area contributed by atoms with Crippen LogP contribution < -0.4 is 0 Å². The molecule has 110 valence electrons. The zero-order chi connectivity index (χ0) is 15.3. The van der Waals surface area contributed by atoms with Crippen molar-refractivity contribution < 1.29 is 13.2 Å². The molecule has 1 unspecified atom stereocenters. The van der Waals surface area contributed by atoms with Gasteiger partial charge in [-0.2, -0.15) is 13.2 Å². The average molecular weight is 291 g/mol. The molecule has 0 fully saturated rings. The first-order valence-corrected chi connectivity index (χ1v) is 6.68. The maximum absolute atomic E-state index is 12.6. The number of benzene rings is 1. The third-order valence-corrected chi connectivity index (χ3v) is 3.31. The van der Waals surface area contributed by atoms with Gasteiger partial charge in [-0.3, -0.25) is 4.98 Å². The highest BCUT2D eigenvalue weighted by Gasteiger charge is 2.30. The van der Waals surface area contributed by atoms with E-state index >= 15 is 0 Å².